The predicted molar refractivity (Wildman–Crippen MR) is 66.2 cm³/mol. The Kier molecular flexibility index (Phi) is 5.42. The van der Waals surface area contributed by atoms with Gasteiger partial charge in [-0.1, -0.05) is 19.8 Å². The topological polar surface area (TPSA) is 68.0 Å². The minimum Gasteiger partial charge on any atom is -0.349 e. The second-order valence-electron chi connectivity index (χ2n) is 3.82. The molecule has 3 N–H and O–H groups in total. The molecule has 16 heavy (non-hydrogen) atoms. The minimum absolute atomic E-state index is 0.0842. The highest BCUT2D eigenvalue weighted by atomic mass is 32.1. The quantitative estimate of drug-likeness (QED) is 0.794. The number of nitrogens with two attached hydrogens (primary N) is 1. The molecule has 0 aliphatic rings. The van der Waals surface area contributed by atoms with E-state index in [1.807, 2.05) is 12.3 Å². The summed E-state index contributed by atoms with van der Waals surface area (Å²) in [6, 6.07) is -0.389. The van der Waals surface area contributed by atoms with Crippen LogP contribution in [0.15, 0.2) is 5.38 Å². The summed E-state index contributed by atoms with van der Waals surface area (Å²) in [6.45, 7) is 4.51. The highest BCUT2D eigenvalue weighted by molar-refractivity contribution is 7.09. The monoisotopic (exact) mass is 241 g/mol. The van der Waals surface area contributed by atoms with Gasteiger partial charge >= 0.3 is 0 Å². The summed E-state index contributed by atoms with van der Waals surface area (Å²) in [5, 5.41) is 5.77. The Morgan fingerprint density at radius 3 is 3.00 bits per heavy atom. The molecule has 1 unspecified atom stereocenters. The van der Waals surface area contributed by atoms with Crippen LogP contribution in [0.3, 0.4) is 0 Å². The van der Waals surface area contributed by atoms with Gasteiger partial charge in [-0.15, -0.1) is 11.3 Å². The van der Waals surface area contributed by atoms with Crippen molar-refractivity contribution in [3.63, 3.8) is 0 Å². The molecule has 0 aromatic carbocycles. The lowest BCUT2D eigenvalue weighted by Crippen LogP contribution is -2.40. The number of rotatable bonds is 6. The number of hydrogen-bond acceptors (Lipinski definition) is 4. The molecule has 1 atom stereocenters. The van der Waals surface area contributed by atoms with Crippen LogP contribution in [-0.2, 0) is 11.3 Å². The molecule has 0 saturated carbocycles. The first-order chi connectivity index (χ1) is 7.63. The normalized spacial score (nSPS) is 12.4. The first kappa shape index (κ1) is 13.1. The molecule has 1 amide bonds. The van der Waals surface area contributed by atoms with Gasteiger partial charge in [0.1, 0.15) is 0 Å². The lowest BCUT2D eigenvalue weighted by atomic mass is 10.1. The van der Waals surface area contributed by atoms with Gasteiger partial charge in [-0.25, -0.2) is 4.98 Å². The van der Waals surface area contributed by atoms with E-state index in [4.69, 9.17) is 5.73 Å². The molecular formula is C11H19N3OS. The van der Waals surface area contributed by atoms with Gasteiger partial charge in [0.25, 0.3) is 0 Å². The van der Waals surface area contributed by atoms with Crippen LogP contribution in [0, 0.1) is 6.92 Å². The van der Waals surface area contributed by atoms with E-state index in [2.05, 4.69) is 17.2 Å². The number of hydrogen-bond donors (Lipinski definition) is 2. The van der Waals surface area contributed by atoms with Crippen molar-refractivity contribution in [2.24, 2.45) is 5.73 Å². The maximum absolute atomic E-state index is 11.6. The smallest absolute Gasteiger partial charge is 0.237 e. The second-order valence-corrected chi connectivity index (χ2v) is 4.89. The van der Waals surface area contributed by atoms with Crippen molar-refractivity contribution in [2.75, 3.05) is 0 Å². The van der Waals surface area contributed by atoms with Crippen molar-refractivity contribution in [2.45, 2.75) is 45.7 Å². The molecule has 0 saturated heterocycles. The number of nitrogens with zero attached hydrogens (tertiary/aromatic N) is 1. The average Bonchev–Trinajstić information content (AvgIpc) is 2.68. The zero-order valence-corrected chi connectivity index (χ0v) is 10.6. The van der Waals surface area contributed by atoms with E-state index in [-0.39, 0.29) is 11.9 Å². The van der Waals surface area contributed by atoms with Crippen LogP contribution in [0.2, 0.25) is 0 Å². The molecule has 4 nitrogen and oxygen atoms in total. The molecule has 1 aromatic heterocycles. The van der Waals surface area contributed by atoms with Crippen LogP contribution >= 0.6 is 11.3 Å². The van der Waals surface area contributed by atoms with Gasteiger partial charge in [0, 0.05) is 5.38 Å². The Morgan fingerprint density at radius 1 is 1.69 bits per heavy atom. The van der Waals surface area contributed by atoms with E-state index < -0.39 is 0 Å². The molecule has 0 fully saturated rings. The number of carbonyl (C=O) groups excluding carboxylic acids is 1. The van der Waals surface area contributed by atoms with E-state index in [9.17, 15) is 4.79 Å². The Hall–Kier alpha value is -0.940. The number of aryl methyl sites for hydroxylation is 1. The summed E-state index contributed by atoms with van der Waals surface area (Å²) >= 11 is 1.58. The van der Waals surface area contributed by atoms with Gasteiger partial charge < -0.3 is 11.1 Å². The lowest BCUT2D eigenvalue weighted by molar-refractivity contribution is -0.122. The van der Waals surface area contributed by atoms with E-state index >= 15 is 0 Å². The molecule has 0 spiro atoms. The molecule has 1 aromatic rings. The van der Waals surface area contributed by atoms with Crippen molar-refractivity contribution in [3.8, 4) is 0 Å². The van der Waals surface area contributed by atoms with Crippen LogP contribution in [0.1, 0.15) is 36.9 Å². The molecular weight excluding hydrogens is 222 g/mol. The summed E-state index contributed by atoms with van der Waals surface area (Å²) in [5.41, 5.74) is 6.64. The van der Waals surface area contributed by atoms with Crippen LogP contribution in [0.4, 0.5) is 0 Å². The molecule has 0 aliphatic carbocycles. The molecule has 0 radical (unpaired) electrons. The van der Waals surface area contributed by atoms with E-state index in [0.29, 0.717) is 6.54 Å². The molecule has 90 valence electrons. The molecule has 1 heterocycles. The zero-order valence-electron chi connectivity index (χ0n) is 9.82. The SMILES string of the molecule is CCCCC(N)C(=O)NCc1csc(C)n1. The first-order valence-electron chi connectivity index (χ1n) is 5.57. The van der Waals surface area contributed by atoms with Gasteiger partial charge in [0.05, 0.1) is 23.3 Å². The minimum atomic E-state index is -0.389. The Morgan fingerprint density at radius 2 is 2.44 bits per heavy atom. The van der Waals surface area contributed by atoms with E-state index in [0.717, 1.165) is 30.0 Å². The molecule has 1 rings (SSSR count). The summed E-state index contributed by atoms with van der Waals surface area (Å²) in [6.07, 6.45) is 2.80. The Bertz CT molecular complexity index is 338. The van der Waals surface area contributed by atoms with Crippen LogP contribution in [0.5, 0.6) is 0 Å². The van der Waals surface area contributed by atoms with Crippen LogP contribution in [-0.4, -0.2) is 16.9 Å². The maximum atomic E-state index is 11.6. The number of carbonyl (C=O) groups is 1. The third kappa shape index (κ3) is 4.28. The van der Waals surface area contributed by atoms with Gasteiger partial charge in [-0.05, 0) is 13.3 Å². The van der Waals surface area contributed by atoms with E-state index in [1.54, 1.807) is 11.3 Å². The third-order valence-electron chi connectivity index (χ3n) is 2.32. The van der Waals surface area contributed by atoms with Crippen molar-refractivity contribution in [1.82, 2.24) is 10.3 Å². The van der Waals surface area contributed by atoms with Crippen molar-refractivity contribution < 1.29 is 4.79 Å². The second kappa shape index (κ2) is 6.60. The average molecular weight is 241 g/mol. The largest absolute Gasteiger partial charge is 0.349 e. The summed E-state index contributed by atoms with van der Waals surface area (Å²) in [4.78, 5) is 15.8. The Balaban J connectivity index is 2.29. The van der Waals surface area contributed by atoms with Crippen molar-refractivity contribution >= 4 is 17.2 Å². The zero-order chi connectivity index (χ0) is 12.0. The Labute approximate surface area is 100 Å². The van der Waals surface area contributed by atoms with Crippen LogP contribution in [0.25, 0.3) is 0 Å². The fourth-order valence-corrected chi connectivity index (χ4v) is 1.97. The van der Waals surface area contributed by atoms with Crippen molar-refractivity contribution in [3.05, 3.63) is 16.1 Å². The number of thiazole rings is 1. The standard InChI is InChI=1S/C11H19N3OS/c1-3-4-5-10(12)11(15)13-6-9-7-16-8(2)14-9/h7,10H,3-6,12H2,1-2H3,(H,13,15). The maximum Gasteiger partial charge on any atom is 0.237 e. The highest BCUT2D eigenvalue weighted by Gasteiger charge is 2.12. The van der Waals surface area contributed by atoms with Crippen LogP contribution < -0.4 is 11.1 Å². The molecule has 5 heteroatoms. The number of amides is 1. The van der Waals surface area contributed by atoms with E-state index in [1.165, 1.54) is 0 Å². The predicted octanol–water partition coefficient (Wildman–Crippen LogP) is 1.59. The summed E-state index contributed by atoms with van der Waals surface area (Å²) in [5.74, 6) is -0.0842. The number of unbranched alkanes of at least 4 members (excludes halogenated alkanes) is 1. The molecule has 0 bridgehead atoms. The number of nitrogens with one attached hydrogen (secondary N) is 1. The van der Waals surface area contributed by atoms with Gasteiger partial charge in [-0.3, -0.25) is 4.79 Å². The summed E-state index contributed by atoms with van der Waals surface area (Å²) in [7, 11) is 0. The van der Waals surface area contributed by atoms with Gasteiger partial charge in [-0.2, -0.15) is 0 Å². The van der Waals surface area contributed by atoms with Gasteiger partial charge in [0.2, 0.25) is 5.91 Å². The fourth-order valence-electron chi connectivity index (χ4n) is 1.35. The highest BCUT2D eigenvalue weighted by Crippen LogP contribution is 2.07. The first-order valence-corrected chi connectivity index (χ1v) is 6.45. The molecule has 0 aliphatic heterocycles. The van der Waals surface area contributed by atoms with Gasteiger partial charge in [0.15, 0.2) is 0 Å². The lowest BCUT2D eigenvalue weighted by Gasteiger charge is -2.10. The summed E-state index contributed by atoms with van der Waals surface area (Å²) < 4.78 is 0. The third-order valence-corrected chi connectivity index (χ3v) is 3.14. The fraction of sp³-hybridized carbons (Fsp3) is 0.636. The van der Waals surface area contributed by atoms with Crippen molar-refractivity contribution in [1.29, 1.82) is 0 Å². The number of aromatic nitrogens is 1.